The van der Waals surface area contributed by atoms with Crippen LogP contribution in [0, 0.1) is 0 Å². The maximum absolute atomic E-state index is 11.6. The number of pyridine rings is 1. The van der Waals surface area contributed by atoms with E-state index in [-0.39, 0.29) is 5.78 Å². The fraction of sp³-hybridized carbons (Fsp3) is 0.111. The van der Waals surface area contributed by atoms with E-state index in [2.05, 4.69) is 4.98 Å². The van der Waals surface area contributed by atoms with Crippen molar-refractivity contribution in [3.63, 3.8) is 0 Å². The molecule has 0 N–H and O–H groups in total. The number of rotatable bonds is 0. The molecule has 13 heavy (non-hydrogen) atoms. The summed E-state index contributed by atoms with van der Waals surface area (Å²) in [6.07, 6.45) is 1.69. The van der Waals surface area contributed by atoms with Crippen LogP contribution >= 0.6 is 23.4 Å². The lowest BCUT2D eigenvalue weighted by atomic mass is 10.1. The van der Waals surface area contributed by atoms with Crippen molar-refractivity contribution >= 4 is 29.1 Å². The molecule has 0 amide bonds. The van der Waals surface area contributed by atoms with Crippen LogP contribution in [-0.4, -0.2) is 16.5 Å². The number of ketones is 1. The molecule has 0 unspecified atom stereocenters. The third-order valence-corrected chi connectivity index (χ3v) is 3.12. The Kier molecular flexibility index (Phi) is 2.38. The van der Waals surface area contributed by atoms with Gasteiger partial charge in [-0.05, 0) is 12.1 Å². The molecule has 0 aliphatic carbocycles. The molecule has 0 radical (unpaired) electrons. The standard InChI is InChI=1S/C9H6ClNOS/c10-4-6-5-13-9-7(8(6)12)2-1-3-11-9/h1-4H,5H2/b6-4+. The van der Waals surface area contributed by atoms with E-state index in [4.69, 9.17) is 11.6 Å². The summed E-state index contributed by atoms with van der Waals surface area (Å²) in [5, 5.41) is 0.801. The predicted octanol–water partition coefficient (Wildman–Crippen LogP) is 2.49. The predicted molar refractivity (Wildman–Crippen MR) is 53.2 cm³/mol. The van der Waals surface area contributed by atoms with E-state index >= 15 is 0 Å². The number of Topliss-reactive ketones (excluding diaryl/α,β-unsaturated/α-hetero) is 1. The van der Waals surface area contributed by atoms with Crippen molar-refractivity contribution in [2.45, 2.75) is 5.03 Å². The van der Waals surface area contributed by atoms with E-state index < -0.39 is 0 Å². The zero-order valence-corrected chi connectivity index (χ0v) is 8.23. The summed E-state index contributed by atoms with van der Waals surface area (Å²) in [7, 11) is 0. The summed E-state index contributed by atoms with van der Waals surface area (Å²) >= 11 is 7.07. The summed E-state index contributed by atoms with van der Waals surface area (Å²) < 4.78 is 0. The van der Waals surface area contributed by atoms with Gasteiger partial charge in [-0.15, -0.1) is 11.8 Å². The number of hydrogen-bond donors (Lipinski definition) is 0. The number of hydrogen-bond acceptors (Lipinski definition) is 3. The monoisotopic (exact) mass is 211 g/mol. The summed E-state index contributed by atoms with van der Waals surface area (Å²) in [6.45, 7) is 0. The van der Waals surface area contributed by atoms with Gasteiger partial charge in [0.2, 0.25) is 0 Å². The Labute approximate surface area is 85.0 Å². The van der Waals surface area contributed by atoms with Gasteiger partial charge in [0, 0.05) is 23.1 Å². The number of fused-ring (bicyclic) bond motifs is 1. The minimum atomic E-state index is -0.00292. The van der Waals surface area contributed by atoms with Crippen LogP contribution in [0.4, 0.5) is 0 Å². The van der Waals surface area contributed by atoms with Crippen molar-refractivity contribution in [1.29, 1.82) is 0 Å². The first-order valence-electron chi connectivity index (χ1n) is 3.74. The molecule has 2 nitrogen and oxygen atoms in total. The Bertz CT molecular complexity index is 389. The van der Waals surface area contributed by atoms with Crippen LogP contribution in [-0.2, 0) is 0 Å². The number of carbonyl (C=O) groups excluding carboxylic acids is 1. The second-order valence-electron chi connectivity index (χ2n) is 2.61. The normalized spacial score (nSPS) is 18.8. The van der Waals surface area contributed by atoms with Crippen LogP contribution in [0.15, 0.2) is 34.5 Å². The van der Waals surface area contributed by atoms with Gasteiger partial charge in [-0.25, -0.2) is 4.98 Å². The fourth-order valence-corrected chi connectivity index (χ4v) is 2.37. The Hall–Kier alpha value is -0.800. The van der Waals surface area contributed by atoms with Gasteiger partial charge in [-0.2, -0.15) is 0 Å². The molecule has 1 aromatic rings. The topological polar surface area (TPSA) is 30.0 Å². The summed E-state index contributed by atoms with van der Waals surface area (Å²) in [5.74, 6) is 0.614. The minimum absolute atomic E-state index is 0.00292. The van der Waals surface area contributed by atoms with Crippen molar-refractivity contribution < 1.29 is 4.79 Å². The van der Waals surface area contributed by atoms with Crippen LogP contribution in [0.2, 0.25) is 0 Å². The molecule has 2 rings (SSSR count). The summed E-state index contributed by atoms with van der Waals surface area (Å²) in [5.41, 5.74) is 2.66. The van der Waals surface area contributed by atoms with Crippen molar-refractivity contribution in [1.82, 2.24) is 4.98 Å². The van der Waals surface area contributed by atoms with Gasteiger partial charge in [0.25, 0.3) is 0 Å². The van der Waals surface area contributed by atoms with Crippen molar-refractivity contribution in [2.24, 2.45) is 0 Å². The third-order valence-electron chi connectivity index (χ3n) is 1.80. The first-order chi connectivity index (χ1) is 6.33. The SMILES string of the molecule is O=C1/C(=C/Cl)CSc2ncccc21. The highest BCUT2D eigenvalue weighted by molar-refractivity contribution is 7.99. The smallest absolute Gasteiger partial charge is 0.193 e. The van der Waals surface area contributed by atoms with Crippen molar-refractivity contribution in [3.8, 4) is 0 Å². The van der Waals surface area contributed by atoms with E-state index in [0.717, 1.165) is 5.03 Å². The molecular formula is C9H6ClNOS. The summed E-state index contributed by atoms with van der Waals surface area (Å²) in [6, 6.07) is 3.53. The van der Waals surface area contributed by atoms with Gasteiger partial charge < -0.3 is 0 Å². The number of carbonyl (C=O) groups is 1. The molecule has 1 aromatic heterocycles. The zero-order chi connectivity index (χ0) is 9.26. The maximum atomic E-state index is 11.6. The molecule has 2 heterocycles. The molecule has 0 fully saturated rings. The average Bonchev–Trinajstić information content (AvgIpc) is 2.19. The van der Waals surface area contributed by atoms with Crippen LogP contribution < -0.4 is 0 Å². The zero-order valence-electron chi connectivity index (χ0n) is 6.66. The van der Waals surface area contributed by atoms with Gasteiger partial charge in [-0.3, -0.25) is 4.79 Å². The largest absolute Gasteiger partial charge is 0.289 e. The molecule has 4 heteroatoms. The van der Waals surface area contributed by atoms with Gasteiger partial charge in [-0.1, -0.05) is 11.6 Å². The molecular weight excluding hydrogens is 206 g/mol. The molecule has 0 aromatic carbocycles. The maximum Gasteiger partial charge on any atom is 0.193 e. The first-order valence-corrected chi connectivity index (χ1v) is 5.17. The number of nitrogens with zero attached hydrogens (tertiary/aromatic N) is 1. The Morgan fingerprint density at radius 2 is 2.46 bits per heavy atom. The van der Waals surface area contributed by atoms with Crippen molar-refractivity contribution in [2.75, 3.05) is 5.75 Å². The van der Waals surface area contributed by atoms with E-state index in [9.17, 15) is 4.79 Å². The number of thioether (sulfide) groups is 1. The highest BCUT2D eigenvalue weighted by Crippen LogP contribution is 2.30. The third kappa shape index (κ3) is 1.49. The Morgan fingerprint density at radius 1 is 1.62 bits per heavy atom. The quantitative estimate of drug-likeness (QED) is 0.618. The second kappa shape index (κ2) is 3.52. The van der Waals surface area contributed by atoms with Gasteiger partial charge in [0.05, 0.1) is 5.56 Å². The Balaban J connectivity index is 2.51. The molecule has 0 spiro atoms. The van der Waals surface area contributed by atoms with Crippen molar-refractivity contribution in [3.05, 3.63) is 35.0 Å². The number of halogens is 1. The van der Waals surface area contributed by atoms with Crippen LogP contribution in [0.3, 0.4) is 0 Å². The minimum Gasteiger partial charge on any atom is -0.289 e. The van der Waals surface area contributed by atoms with Gasteiger partial charge >= 0.3 is 0 Å². The first kappa shape index (κ1) is 8.78. The molecule has 66 valence electrons. The molecule has 0 saturated carbocycles. The molecule has 1 aliphatic rings. The molecule has 0 saturated heterocycles. The van der Waals surface area contributed by atoms with Crippen LogP contribution in [0.5, 0.6) is 0 Å². The highest BCUT2D eigenvalue weighted by Gasteiger charge is 2.22. The lowest BCUT2D eigenvalue weighted by Crippen LogP contribution is -2.12. The van der Waals surface area contributed by atoms with E-state index in [1.165, 1.54) is 5.54 Å². The highest BCUT2D eigenvalue weighted by atomic mass is 35.5. The molecule has 0 atom stereocenters. The van der Waals surface area contributed by atoms with Crippen LogP contribution in [0.1, 0.15) is 10.4 Å². The summed E-state index contributed by atoms with van der Waals surface area (Å²) in [4.78, 5) is 15.8. The average molecular weight is 212 g/mol. The fourth-order valence-electron chi connectivity index (χ4n) is 1.14. The lowest BCUT2D eigenvalue weighted by molar-refractivity contribution is 0.103. The van der Waals surface area contributed by atoms with E-state index in [0.29, 0.717) is 16.9 Å². The van der Waals surface area contributed by atoms with Gasteiger partial charge in [0.15, 0.2) is 5.78 Å². The lowest BCUT2D eigenvalue weighted by Gasteiger charge is -2.14. The van der Waals surface area contributed by atoms with E-state index in [1.54, 1.807) is 30.1 Å². The van der Waals surface area contributed by atoms with E-state index in [1.807, 2.05) is 0 Å². The molecule has 0 bridgehead atoms. The second-order valence-corrected chi connectivity index (χ2v) is 3.79. The van der Waals surface area contributed by atoms with Crippen LogP contribution in [0.25, 0.3) is 0 Å². The Morgan fingerprint density at radius 3 is 3.23 bits per heavy atom. The van der Waals surface area contributed by atoms with Gasteiger partial charge in [0.1, 0.15) is 5.03 Å². The molecule has 1 aliphatic heterocycles. The number of aromatic nitrogens is 1.